The number of nitrogens with zero attached hydrogens (tertiary/aromatic N) is 1. The Morgan fingerprint density at radius 2 is 0.667 bits per heavy atom. The van der Waals surface area contributed by atoms with Gasteiger partial charge in [0, 0.05) is 144 Å². The normalized spacial score (nSPS) is 16.8. The molecule has 6 aromatic rings. The minimum absolute atomic E-state index is 0. The number of sulfonamides is 4. The minimum atomic E-state index is -3.87. The average Bonchev–Trinajstić information content (AvgIpc) is 1.60. The van der Waals surface area contributed by atoms with E-state index in [9.17, 15) is 33.7 Å². The molecular weight excluding hydrogens is 1590 g/mol. The van der Waals surface area contributed by atoms with E-state index in [1.54, 1.807) is 60.7 Å². The molecule has 0 atom stereocenters. The SMILES string of the molecule is CC[P+](C)(CC)CCNS(=O)(=O)c1ccc(/C2=C3\C=CC(=N3)/C(c3ccc(S(=O)(=O)NCC[P+](C)(CC)CC)cc3)=c3/cc/c([nH]3)=C(\c3ccc(S(=O)(=O)NCC[P+](C)(CC)CC)cc3)c3ccc([nH]3)/C(c3ccc(S(=O)(=O)NCC[P+](C)(CC)CC)cc3)=C3/CC=C2N3)cc1.[Cl-].[Cl-].[Cl-].[Cl-].[Cl-].[Mn+3]. The van der Waals surface area contributed by atoms with Crippen LogP contribution in [0.4, 0.5) is 0 Å². The predicted molar refractivity (Wildman–Crippen MR) is 412 cm³/mol. The second-order valence-corrected chi connectivity index (χ2v) is 53.2. The predicted octanol–water partition coefficient (Wildman–Crippen LogP) is -3.26. The van der Waals surface area contributed by atoms with Gasteiger partial charge in [-0.3, -0.25) is 0 Å². The van der Waals surface area contributed by atoms with E-state index in [4.69, 9.17) is 4.99 Å². The summed E-state index contributed by atoms with van der Waals surface area (Å²) in [4.78, 5) is 13.5. The van der Waals surface area contributed by atoms with E-state index < -0.39 is 69.1 Å². The van der Waals surface area contributed by atoms with E-state index in [0.717, 1.165) is 90.8 Å². The second-order valence-electron chi connectivity index (χ2n) is 26.3. The fourth-order valence-corrected chi connectivity index (χ4v) is 23.8. The first-order chi connectivity index (χ1) is 45.5. The molecule has 4 aromatic carbocycles. The number of benzene rings is 4. The van der Waals surface area contributed by atoms with Crippen molar-refractivity contribution in [3.05, 3.63) is 201 Å². The molecule has 0 aliphatic carbocycles. The van der Waals surface area contributed by atoms with Crippen LogP contribution in [0.15, 0.2) is 181 Å². The molecule has 3 aliphatic rings. The molecular formula is C72H100Cl5MnN8O8P4S4+2. The molecule has 0 saturated carbocycles. The molecule has 560 valence electrons. The van der Waals surface area contributed by atoms with Crippen molar-refractivity contribution in [2.75, 3.05) is 127 Å². The van der Waals surface area contributed by atoms with Gasteiger partial charge in [-0.2, -0.15) is 0 Å². The Balaban J connectivity index is 0.00000451. The Hall–Kier alpha value is -3.06. The van der Waals surface area contributed by atoms with Crippen LogP contribution in [0, 0.1) is 0 Å². The van der Waals surface area contributed by atoms with Crippen LogP contribution >= 0.6 is 29.0 Å². The van der Waals surface area contributed by atoms with Crippen molar-refractivity contribution in [3.63, 3.8) is 0 Å². The van der Waals surface area contributed by atoms with Gasteiger partial charge in [-0.25, -0.2) is 57.6 Å². The van der Waals surface area contributed by atoms with Crippen LogP contribution in [0.3, 0.4) is 0 Å². The summed E-state index contributed by atoms with van der Waals surface area (Å²) in [6, 6.07) is 35.4. The molecule has 8 bridgehead atoms. The smallest absolute Gasteiger partial charge is 1.00 e. The first-order valence-electron chi connectivity index (χ1n) is 33.6. The maximum absolute atomic E-state index is 14.0. The molecule has 5 heterocycles. The molecule has 3 aliphatic heterocycles. The van der Waals surface area contributed by atoms with E-state index in [0.29, 0.717) is 105 Å². The van der Waals surface area contributed by atoms with Crippen molar-refractivity contribution in [2.45, 2.75) is 81.4 Å². The van der Waals surface area contributed by atoms with Crippen LogP contribution < -0.4 is 96.9 Å². The van der Waals surface area contributed by atoms with E-state index >= 15 is 0 Å². The number of hydrogen-bond donors (Lipinski definition) is 7. The Labute approximate surface area is 652 Å². The Morgan fingerprint density at radius 1 is 0.373 bits per heavy atom. The van der Waals surface area contributed by atoms with Gasteiger partial charge >= 0.3 is 17.1 Å². The summed E-state index contributed by atoms with van der Waals surface area (Å²) in [6.45, 7) is 28.0. The van der Waals surface area contributed by atoms with Crippen LogP contribution in [0.25, 0.3) is 22.3 Å². The van der Waals surface area contributed by atoms with Gasteiger partial charge in [0.05, 0.1) is 105 Å². The van der Waals surface area contributed by atoms with Gasteiger partial charge in [-0.05, 0) is 163 Å². The zero-order valence-electron chi connectivity index (χ0n) is 60.2. The van der Waals surface area contributed by atoms with Crippen LogP contribution in [0.1, 0.15) is 95.5 Å². The summed E-state index contributed by atoms with van der Waals surface area (Å²) >= 11 is 0. The third-order valence-electron chi connectivity index (χ3n) is 20.7. The topological polar surface area (TPSA) is 241 Å². The maximum atomic E-state index is 14.0. The number of halogens is 5. The molecule has 0 saturated heterocycles. The van der Waals surface area contributed by atoms with Crippen molar-refractivity contribution in [3.8, 4) is 0 Å². The van der Waals surface area contributed by atoms with E-state index in [2.05, 4.69) is 122 Å². The van der Waals surface area contributed by atoms with Gasteiger partial charge in [0.1, 0.15) is 0 Å². The summed E-state index contributed by atoms with van der Waals surface area (Å²) in [5, 5.41) is 5.12. The Morgan fingerprint density at radius 3 is 1.00 bits per heavy atom. The fourth-order valence-electron chi connectivity index (χ4n) is 12.1. The molecule has 30 heteroatoms. The summed E-state index contributed by atoms with van der Waals surface area (Å²) in [5.41, 5.74) is 9.66. The first kappa shape index (κ1) is 93.1. The van der Waals surface area contributed by atoms with Crippen molar-refractivity contribution >= 4 is 97.1 Å². The third kappa shape index (κ3) is 22.1. The Bertz CT molecular complexity index is 4600. The number of aromatic amines is 2. The van der Waals surface area contributed by atoms with E-state index in [1.165, 1.54) is 0 Å². The van der Waals surface area contributed by atoms with Crippen LogP contribution in [-0.2, 0) is 57.2 Å². The molecule has 0 unspecified atom stereocenters. The number of rotatable bonds is 32. The third-order valence-corrected chi connectivity index (χ3v) is 44.0. The number of fused-ring (bicyclic) bond motifs is 7. The van der Waals surface area contributed by atoms with Crippen LogP contribution in [0.2, 0.25) is 0 Å². The van der Waals surface area contributed by atoms with E-state index in [-0.39, 0.29) is 98.7 Å². The molecule has 16 nitrogen and oxygen atoms in total. The molecule has 0 spiro atoms. The number of aliphatic imine (C=N–C) groups is 1. The number of H-pyrrole nitrogens is 2. The van der Waals surface area contributed by atoms with Gasteiger partial charge in [0.25, 0.3) is 0 Å². The van der Waals surface area contributed by atoms with Crippen LogP contribution in [-0.4, -0.2) is 176 Å². The molecule has 0 amide bonds. The molecule has 0 radical (unpaired) electrons. The number of aromatic nitrogens is 2. The quantitative estimate of drug-likeness (QED) is 0.0166. The fraction of sp³-hybridized carbons (Fsp3) is 0.403. The molecule has 9 rings (SSSR count). The molecule has 0 fully saturated rings. The molecule has 7 N–H and O–H groups in total. The number of hydrogen-bond acceptors (Lipinski definition) is 10. The van der Waals surface area contributed by atoms with Gasteiger partial charge < -0.3 is 77.3 Å². The summed E-state index contributed by atoms with van der Waals surface area (Å²) < 4.78 is 123. The van der Waals surface area contributed by atoms with Gasteiger partial charge in [0.15, 0.2) is 0 Å². The molecule has 102 heavy (non-hydrogen) atoms. The van der Waals surface area contributed by atoms with E-state index in [1.807, 2.05) is 72.8 Å². The second kappa shape index (κ2) is 39.3. The zero-order chi connectivity index (χ0) is 69.5. The zero-order valence-corrected chi connectivity index (χ0v) is 72.0. The average molecular weight is 1690 g/mol. The Kier molecular flexibility index (Phi) is 35.9. The largest absolute Gasteiger partial charge is 3.00 e. The van der Waals surface area contributed by atoms with Crippen molar-refractivity contribution in [1.82, 2.24) is 34.2 Å². The van der Waals surface area contributed by atoms with Crippen LogP contribution in [0.5, 0.6) is 0 Å². The maximum Gasteiger partial charge on any atom is 3.00 e. The first-order valence-corrected chi connectivity index (χ1v) is 50.7. The number of allylic oxidation sites excluding steroid dienone is 4. The van der Waals surface area contributed by atoms with Gasteiger partial charge in [-0.1, -0.05) is 54.6 Å². The van der Waals surface area contributed by atoms with Crippen molar-refractivity contribution < 1.29 is 113 Å². The van der Waals surface area contributed by atoms with Gasteiger partial charge in [0.2, 0.25) is 40.1 Å². The van der Waals surface area contributed by atoms with Gasteiger partial charge in [-0.15, -0.1) is 0 Å². The van der Waals surface area contributed by atoms with Crippen molar-refractivity contribution in [1.29, 1.82) is 0 Å². The molecule has 2 aromatic heterocycles. The minimum Gasteiger partial charge on any atom is -1.00 e. The standard InChI is InChI=1S/C72H100N8O8P4S4.5ClH.Mn/c1-13-89(9,14-2)49-45-73-93(81,82)57-29-21-53(22-30-57)69-61-37-39-63(77-61)70(54-23-31-58(32-24-54)94(83,84)74-46-50-90(10,15-3)16-4)65-41-43-67(79-65)72(56-27-35-60(36-28-56)96(87,88)76-48-52-92(12,19-7)20-8)68-44-42-66(80-68)71(64-40-38-62(69)78-64)55-25-33-59(34-26-55)95(85,86)75-47-51-91(11,17-5)18-6;;;;;;/h21-43,73-77,79-80H,13-20,44-52H2,1-12H3;5*1H;/q+4;;;;;;+3/p-5/b69-61-,70-63-,71-64-,72-68-;;;;;;. The summed E-state index contributed by atoms with van der Waals surface area (Å²) in [7, 11) is -20.5. The summed E-state index contributed by atoms with van der Waals surface area (Å²) in [6.07, 6.45) is 17.9. The monoisotopic (exact) mass is 1690 g/mol. The summed E-state index contributed by atoms with van der Waals surface area (Å²) in [5.74, 6) is 0. The van der Waals surface area contributed by atoms with Crippen molar-refractivity contribution in [2.24, 2.45) is 4.99 Å². The number of nitrogens with one attached hydrogen (secondary N) is 7.